The number of aryl methyl sites for hydroxylation is 4. The molecule has 0 saturated heterocycles. The summed E-state index contributed by atoms with van der Waals surface area (Å²) in [6, 6.07) is 10.3. The molecule has 1 aliphatic rings. The minimum Gasteiger partial charge on any atom is -0.481 e. The highest BCUT2D eigenvalue weighted by atomic mass is 19.4. The first kappa shape index (κ1) is 41.2. The molecule has 0 unspecified atom stereocenters. The topological polar surface area (TPSA) is 99.8 Å². The van der Waals surface area contributed by atoms with Crippen LogP contribution in [0.3, 0.4) is 0 Å². The lowest BCUT2D eigenvalue weighted by Crippen LogP contribution is -2.49. The smallest absolute Gasteiger partial charge is 0.422 e. The number of carbonyl (C=O) groups is 1. The second-order valence-corrected chi connectivity index (χ2v) is 12.5. The van der Waals surface area contributed by atoms with E-state index in [9.17, 15) is 31.1 Å². The molecule has 0 atom stereocenters. The van der Waals surface area contributed by atoms with Crippen LogP contribution in [-0.4, -0.2) is 75.0 Å². The Morgan fingerprint density at radius 2 is 1.41 bits per heavy atom. The van der Waals surface area contributed by atoms with E-state index in [-0.39, 0.29) is 79.6 Å². The minimum absolute atomic E-state index is 0.000248. The molecule has 17 heteroatoms. The van der Waals surface area contributed by atoms with E-state index < -0.39 is 29.5 Å². The molecule has 5 rings (SSSR count). The highest BCUT2D eigenvalue weighted by Crippen LogP contribution is 2.38. The normalized spacial score (nSPS) is 15.3. The van der Waals surface area contributed by atoms with Crippen molar-refractivity contribution in [2.45, 2.75) is 45.2 Å². The number of hydrogen-bond donors (Lipinski definition) is 0. The summed E-state index contributed by atoms with van der Waals surface area (Å²) in [6.45, 7) is 4.70. The Bertz CT molecular complexity index is 2180. The van der Waals surface area contributed by atoms with Crippen LogP contribution in [-0.2, 0) is 36.8 Å². The zero-order valence-corrected chi connectivity index (χ0v) is 31.3. The van der Waals surface area contributed by atoms with Gasteiger partial charge in [0.05, 0.1) is 28.4 Å². The van der Waals surface area contributed by atoms with E-state index in [0.717, 1.165) is 25.3 Å². The van der Waals surface area contributed by atoms with Gasteiger partial charge in [-0.25, -0.2) is 9.37 Å². The van der Waals surface area contributed by atoms with Crippen LogP contribution < -0.4 is 28.1 Å². The highest BCUT2D eigenvalue weighted by Gasteiger charge is 2.36. The van der Waals surface area contributed by atoms with E-state index in [1.165, 1.54) is 55.8 Å². The van der Waals surface area contributed by atoms with Crippen LogP contribution in [0.4, 0.5) is 26.3 Å². The number of esters is 1. The van der Waals surface area contributed by atoms with Gasteiger partial charge in [0.2, 0.25) is 48.0 Å². The summed E-state index contributed by atoms with van der Waals surface area (Å²) in [7, 11) is 5.50. The van der Waals surface area contributed by atoms with Gasteiger partial charge in [-0.1, -0.05) is 0 Å². The van der Waals surface area contributed by atoms with Gasteiger partial charge in [0.25, 0.3) is 5.69 Å². The van der Waals surface area contributed by atoms with Crippen LogP contribution in [0, 0.1) is 0 Å². The molecule has 0 N–H and O–H groups in total. The van der Waals surface area contributed by atoms with Crippen molar-refractivity contribution in [2.24, 2.45) is 0 Å². The Hall–Kier alpha value is -6.00. The molecule has 1 aliphatic heterocycles. The van der Waals surface area contributed by atoms with Gasteiger partial charge in [-0.3, -0.25) is 0 Å². The number of rotatable bonds is 5. The van der Waals surface area contributed by atoms with Gasteiger partial charge >= 0.3 is 18.3 Å². The molecule has 0 aromatic carbocycles. The number of fused-ring (bicyclic) bond motifs is 5. The van der Waals surface area contributed by atoms with Crippen molar-refractivity contribution in [3.05, 3.63) is 101 Å². The predicted molar refractivity (Wildman–Crippen MR) is 190 cm³/mol. The van der Waals surface area contributed by atoms with Gasteiger partial charge in [0.15, 0.2) is 25.5 Å². The van der Waals surface area contributed by atoms with Crippen molar-refractivity contribution in [1.82, 2.24) is 9.97 Å². The van der Waals surface area contributed by atoms with Gasteiger partial charge in [-0.2, -0.15) is 45.4 Å². The number of halogens is 6. The van der Waals surface area contributed by atoms with Crippen LogP contribution in [0.1, 0.15) is 39.7 Å². The van der Waals surface area contributed by atoms with E-state index in [4.69, 9.17) is 23.7 Å². The fraction of sp³-hybridized carbons (Fsp3) is 0.333. The summed E-state index contributed by atoms with van der Waals surface area (Å²) < 4.78 is 116. The predicted octanol–water partition coefficient (Wildman–Crippen LogP) is 5.99. The Morgan fingerprint density at radius 1 is 0.804 bits per heavy atom. The van der Waals surface area contributed by atoms with Gasteiger partial charge < -0.3 is 23.7 Å². The number of cyclic esters (lactones) is 1. The maximum Gasteiger partial charge on any atom is 0.422 e. The first-order chi connectivity index (χ1) is 26.6. The molecule has 4 aromatic heterocycles. The van der Waals surface area contributed by atoms with Crippen LogP contribution >= 0.6 is 0 Å². The number of ether oxygens (including phenoxy) is 5. The largest absolute Gasteiger partial charge is 0.481 e. The number of alkyl halides is 6. The number of hydrogen-bond acceptors (Lipinski definition) is 8. The molecule has 5 heterocycles. The van der Waals surface area contributed by atoms with Crippen molar-refractivity contribution in [3.63, 3.8) is 0 Å². The number of nitrogens with zero attached hydrogens (tertiary/aromatic N) is 5. The summed E-state index contributed by atoms with van der Waals surface area (Å²) in [5.74, 6) is -0.400. The molecule has 296 valence electrons. The first-order valence-corrected chi connectivity index (χ1v) is 17.1. The molecule has 0 spiro atoms. The van der Waals surface area contributed by atoms with Crippen LogP contribution in [0.25, 0.3) is 17.0 Å². The summed E-state index contributed by atoms with van der Waals surface area (Å²) >= 11 is 0. The lowest BCUT2D eigenvalue weighted by molar-refractivity contribution is -0.775. The van der Waals surface area contributed by atoms with Crippen molar-refractivity contribution < 1.29 is 68.5 Å². The number of pyridine rings is 4. The Morgan fingerprint density at radius 3 is 2.00 bits per heavy atom. The third-order valence-corrected chi connectivity index (χ3v) is 9.03. The quantitative estimate of drug-likeness (QED) is 0.138. The average molecular weight is 789 g/mol. The van der Waals surface area contributed by atoms with Gasteiger partial charge in [-0.15, -0.1) is 0 Å². The SMILES string of the molecule is C=[N+]1CCOC(=O)c2cccc[n+]2CC[n+]2cc(C(F)(F)F)ccc2-c2c(cc(OC)nc2OC)CCc2cc(OC)nc(OC)c2C1=CC=C(C)C(F)(F)F. The molecule has 0 fully saturated rings. The van der Waals surface area contributed by atoms with Crippen molar-refractivity contribution in [3.8, 4) is 34.8 Å². The van der Waals surface area contributed by atoms with E-state index in [1.54, 1.807) is 35.0 Å². The monoisotopic (exact) mass is 788 g/mol. The van der Waals surface area contributed by atoms with E-state index in [0.29, 0.717) is 22.4 Å². The van der Waals surface area contributed by atoms with E-state index in [2.05, 4.69) is 16.7 Å². The summed E-state index contributed by atoms with van der Waals surface area (Å²) in [6.07, 6.45) is -4.28. The molecule has 11 nitrogen and oxygen atoms in total. The molecule has 0 aliphatic carbocycles. The molecular weight excluding hydrogens is 748 g/mol. The minimum atomic E-state index is -4.68. The fourth-order valence-electron chi connectivity index (χ4n) is 6.09. The standard InChI is InChI=1S/C39H40F6N5O6/c1-24(38(40,41)42)10-14-28-33-25(21-31(52-3)46-35(33)54-5)11-12-26-22-32(53-4)47-36(55-6)34(26)29-15-13-27(39(43,44)45)23-50(29)18-17-49-16-8-7-9-30(49)37(51)56-20-19-48(28)2/h7-10,13-16,21-23H,2,11-12,17-20H2,1,3-6H3/q+3. The van der Waals surface area contributed by atoms with Crippen molar-refractivity contribution in [2.75, 3.05) is 41.6 Å². The molecule has 0 radical (unpaired) electrons. The first-order valence-electron chi connectivity index (χ1n) is 17.1. The Balaban J connectivity index is 1.81. The fourth-order valence-corrected chi connectivity index (χ4v) is 6.09. The molecule has 0 saturated carbocycles. The lowest BCUT2D eigenvalue weighted by atomic mass is 9.95. The number of carbonyl (C=O) groups excluding carboxylic acids is 1. The summed E-state index contributed by atoms with van der Waals surface area (Å²) in [4.78, 5) is 22.3. The maximum atomic E-state index is 14.1. The van der Waals surface area contributed by atoms with Gasteiger partial charge in [0.1, 0.15) is 23.4 Å². The molecule has 4 aromatic rings. The highest BCUT2D eigenvalue weighted by molar-refractivity contribution is 5.85. The maximum absolute atomic E-state index is 14.1. The summed E-state index contributed by atoms with van der Waals surface area (Å²) in [5, 5.41) is 0. The van der Waals surface area contributed by atoms with Crippen molar-refractivity contribution in [1.29, 1.82) is 0 Å². The number of aromatic nitrogens is 4. The number of methoxy groups -OCH3 is 4. The zero-order valence-electron chi connectivity index (χ0n) is 31.3. The lowest BCUT2D eigenvalue weighted by Gasteiger charge is -2.18. The Labute approximate surface area is 318 Å². The van der Waals surface area contributed by atoms with Crippen molar-refractivity contribution >= 4 is 18.4 Å². The second-order valence-electron chi connectivity index (χ2n) is 12.5. The molecule has 0 amide bonds. The third-order valence-electron chi connectivity index (χ3n) is 9.03. The third kappa shape index (κ3) is 9.26. The van der Waals surface area contributed by atoms with E-state index in [1.807, 2.05) is 0 Å². The van der Waals surface area contributed by atoms with E-state index >= 15 is 0 Å². The molecular formula is C39H40F6N5O6+3. The van der Waals surface area contributed by atoms with Crippen LogP contribution in [0.5, 0.6) is 23.5 Å². The van der Waals surface area contributed by atoms with Gasteiger partial charge in [0, 0.05) is 42.0 Å². The number of allylic oxidation sites excluding steroid dienone is 3. The van der Waals surface area contributed by atoms with Gasteiger partial charge in [-0.05, 0) is 49.1 Å². The average Bonchev–Trinajstić information content (AvgIpc) is 3.17. The Kier molecular flexibility index (Phi) is 12.7. The second kappa shape index (κ2) is 17.2. The van der Waals surface area contributed by atoms with Crippen LogP contribution in [0.15, 0.2) is 72.6 Å². The molecule has 56 heavy (non-hydrogen) atoms. The zero-order chi connectivity index (χ0) is 40.8. The van der Waals surface area contributed by atoms with Crippen LogP contribution in [0.2, 0.25) is 0 Å². The molecule has 0 bridgehead atoms. The summed E-state index contributed by atoms with van der Waals surface area (Å²) in [5.41, 5.74) is 0.418.